The number of hydrogen-bond donors (Lipinski definition) is 1. The summed E-state index contributed by atoms with van der Waals surface area (Å²) in [5, 5.41) is 10.3. The van der Waals surface area contributed by atoms with Gasteiger partial charge in [-0.25, -0.2) is 0 Å². The van der Waals surface area contributed by atoms with Gasteiger partial charge >= 0.3 is 5.97 Å². The minimum absolute atomic E-state index is 0.0277. The Labute approximate surface area is 210 Å². The zero-order valence-corrected chi connectivity index (χ0v) is 22.6. The number of esters is 1. The summed E-state index contributed by atoms with van der Waals surface area (Å²) in [4.78, 5) is 25.7. The summed E-state index contributed by atoms with van der Waals surface area (Å²) in [5.74, 6) is 0.00173. The molecule has 0 heterocycles. The monoisotopic (exact) mass is 478 g/mol. The van der Waals surface area contributed by atoms with Gasteiger partial charge in [0.05, 0.1) is 12.0 Å². The first-order valence-electron chi connectivity index (χ1n) is 13.5. The van der Waals surface area contributed by atoms with E-state index in [0.29, 0.717) is 18.1 Å². The smallest absolute Gasteiger partial charge is 0.311 e. The molecule has 4 heteroatoms. The van der Waals surface area contributed by atoms with Crippen LogP contribution in [-0.2, 0) is 14.3 Å². The molecule has 0 spiro atoms. The number of ketones is 1. The van der Waals surface area contributed by atoms with Crippen molar-refractivity contribution in [1.82, 2.24) is 0 Å². The normalized spacial score (nSPS) is 44.7. The summed E-state index contributed by atoms with van der Waals surface area (Å²) >= 11 is 0. The number of aliphatic hydroxyl groups excluding tert-OH is 1. The van der Waals surface area contributed by atoms with E-state index in [1.54, 1.807) is 6.08 Å². The average Bonchev–Trinajstić information content (AvgIpc) is 2.81. The van der Waals surface area contributed by atoms with E-state index in [1.807, 2.05) is 13.8 Å². The molecule has 190 valence electrons. The first-order valence-corrected chi connectivity index (χ1v) is 13.5. The van der Waals surface area contributed by atoms with Gasteiger partial charge in [0.25, 0.3) is 0 Å². The first kappa shape index (κ1) is 24.6. The number of allylic oxidation sites excluding steroid dienone is 7. The van der Waals surface area contributed by atoms with E-state index in [0.717, 1.165) is 56.1 Å². The molecule has 3 saturated carbocycles. The van der Waals surface area contributed by atoms with Crippen LogP contribution in [0.2, 0.25) is 0 Å². The molecule has 35 heavy (non-hydrogen) atoms. The molecule has 0 aliphatic heterocycles. The topological polar surface area (TPSA) is 63.6 Å². The largest absolute Gasteiger partial charge is 0.504 e. The summed E-state index contributed by atoms with van der Waals surface area (Å²) in [6.07, 6.45) is 13.3. The van der Waals surface area contributed by atoms with Gasteiger partial charge in [-0.1, -0.05) is 45.4 Å². The van der Waals surface area contributed by atoms with Crippen LogP contribution in [0.4, 0.5) is 0 Å². The predicted octanol–water partition coefficient (Wildman–Crippen LogP) is 7.18. The van der Waals surface area contributed by atoms with Crippen molar-refractivity contribution in [1.29, 1.82) is 0 Å². The van der Waals surface area contributed by atoms with Gasteiger partial charge in [0, 0.05) is 11.0 Å². The van der Waals surface area contributed by atoms with Crippen molar-refractivity contribution >= 4 is 11.8 Å². The molecule has 3 fully saturated rings. The van der Waals surface area contributed by atoms with Crippen LogP contribution in [0.5, 0.6) is 0 Å². The maximum atomic E-state index is 13.1. The predicted molar refractivity (Wildman–Crippen MR) is 138 cm³/mol. The first-order chi connectivity index (χ1) is 16.3. The number of rotatable bonds is 2. The van der Waals surface area contributed by atoms with E-state index in [9.17, 15) is 14.7 Å². The molecule has 5 aliphatic carbocycles. The number of ether oxygens (including phenoxy) is 1. The van der Waals surface area contributed by atoms with E-state index >= 15 is 0 Å². The summed E-state index contributed by atoms with van der Waals surface area (Å²) in [7, 11) is 0. The van der Waals surface area contributed by atoms with Gasteiger partial charge in [-0.3, -0.25) is 9.59 Å². The van der Waals surface area contributed by atoms with Crippen LogP contribution in [-0.4, -0.2) is 23.5 Å². The Morgan fingerprint density at radius 2 is 1.71 bits per heavy atom. The maximum Gasteiger partial charge on any atom is 0.311 e. The van der Waals surface area contributed by atoms with Gasteiger partial charge in [-0.2, -0.15) is 0 Å². The van der Waals surface area contributed by atoms with Crippen LogP contribution in [0, 0.1) is 33.0 Å². The quantitative estimate of drug-likeness (QED) is 0.427. The molecule has 0 aromatic rings. The summed E-state index contributed by atoms with van der Waals surface area (Å²) in [5.41, 5.74) is 3.82. The van der Waals surface area contributed by atoms with Crippen molar-refractivity contribution in [2.24, 2.45) is 33.0 Å². The van der Waals surface area contributed by atoms with E-state index in [1.165, 1.54) is 5.57 Å². The van der Waals surface area contributed by atoms with Crippen molar-refractivity contribution < 1.29 is 19.4 Å². The third-order valence-electron chi connectivity index (χ3n) is 11.6. The van der Waals surface area contributed by atoms with Gasteiger partial charge in [-0.05, 0) is 105 Å². The second-order valence-corrected chi connectivity index (χ2v) is 13.3. The van der Waals surface area contributed by atoms with Crippen molar-refractivity contribution in [3.8, 4) is 0 Å². The highest BCUT2D eigenvalue weighted by atomic mass is 16.5. The van der Waals surface area contributed by atoms with Crippen molar-refractivity contribution in [2.45, 2.75) is 93.4 Å². The highest BCUT2D eigenvalue weighted by Crippen LogP contribution is 2.75. The van der Waals surface area contributed by atoms with Gasteiger partial charge in [0.15, 0.2) is 5.76 Å². The lowest BCUT2D eigenvalue weighted by atomic mass is 9.34. The minimum atomic E-state index is -0.423. The molecule has 5 rings (SSSR count). The molecule has 0 amide bonds. The second-order valence-electron chi connectivity index (χ2n) is 13.3. The lowest BCUT2D eigenvalue weighted by Crippen LogP contribution is -2.62. The standard InChI is InChI=1S/C31H42O4/c1-8-35-26(34)28(4)12-11-27(3)13-15-30(6)23-10-9-20-19(2)25(33)22(32)17-21(20)29(23,5)14-16-31(30,7)24(27)18-28/h9-10,17,24,33H,8,11-16,18H2,1-7H3/t24-,27-,28-,29+,30-,31+/m1/s1. The summed E-state index contributed by atoms with van der Waals surface area (Å²) in [6.45, 7) is 16.0. The van der Waals surface area contributed by atoms with Crippen LogP contribution in [0.15, 0.2) is 46.3 Å². The van der Waals surface area contributed by atoms with Gasteiger partial charge < -0.3 is 9.84 Å². The molecule has 0 radical (unpaired) electrons. The third kappa shape index (κ3) is 3.04. The van der Waals surface area contributed by atoms with E-state index in [4.69, 9.17) is 4.74 Å². The molecule has 0 aromatic carbocycles. The van der Waals surface area contributed by atoms with Crippen LogP contribution in [0.1, 0.15) is 93.4 Å². The third-order valence-corrected chi connectivity index (χ3v) is 11.6. The molecule has 5 aliphatic rings. The molecule has 4 nitrogen and oxygen atoms in total. The van der Waals surface area contributed by atoms with Gasteiger partial charge in [0.1, 0.15) is 0 Å². The fourth-order valence-corrected chi connectivity index (χ4v) is 8.95. The Hall–Kier alpha value is -2.10. The lowest BCUT2D eigenvalue weighted by Gasteiger charge is -2.70. The number of carbonyl (C=O) groups is 2. The molecular formula is C31H42O4. The minimum Gasteiger partial charge on any atom is -0.504 e. The summed E-state index contributed by atoms with van der Waals surface area (Å²) in [6, 6.07) is 0. The Morgan fingerprint density at radius 1 is 1.03 bits per heavy atom. The van der Waals surface area contributed by atoms with Crippen LogP contribution in [0.3, 0.4) is 0 Å². The second kappa shape index (κ2) is 7.46. The SMILES string of the molecule is CCOC(=O)[C@]1(C)CC[C@]2(C)CC[C@]3(C)C4=CC=C5C(=CC(=O)C(O)=C5C)[C@]4(C)CC[C@@]3(C)[C@@H]2C1. The average molecular weight is 479 g/mol. The molecule has 6 atom stereocenters. The zero-order valence-electron chi connectivity index (χ0n) is 22.6. The Kier molecular flexibility index (Phi) is 5.24. The fraction of sp³-hybridized carbons (Fsp3) is 0.677. The lowest BCUT2D eigenvalue weighted by molar-refractivity contribution is -0.182. The molecule has 0 bridgehead atoms. The molecule has 0 unspecified atom stereocenters. The number of aliphatic hydroxyl groups is 1. The van der Waals surface area contributed by atoms with Crippen LogP contribution < -0.4 is 0 Å². The highest BCUT2D eigenvalue weighted by molar-refractivity contribution is 6.06. The fourth-order valence-electron chi connectivity index (χ4n) is 8.95. The van der Waals surface area contributed by atoms with Crippen molar-refractivity contribution in [3.63, 3.8) is 0 Å². The van der Waals surface area contributed by atoms with Crippen LogP contribution in [0.25, 0.3) is 0 Å². The van der Waals surface area contributed by atoms with E-state index in [-0.39, 0.29) is 39.2 Å². The number of hydrogen-bond acceptors (Lipinski definition) is 4. The number of fused-ring (bicyclic) bond motifs is 7. The molecular weight excluding hydrogens is 436 g/mol. The summed E-state index contributed by atoms with van der Waals surface area (Å²) < 4.78 is 5.56. The van der Waals surface area contributed by atoms with E-state index in [2.05, 4.69) is 46.8 Å². The molecule has 0 aromatic heterocycles. The number of carbonyl (C=O) groups excluding carboxylic acids is 2. The molecule has 1 N–H and O–H groups in total. The highest BCUT2D eigenvalue weighted by Gasteiger charge is 2.67. The van der Waals surface area contributed by atoms with Crippen molar-refractivity contribution in [3.05, 3.63) is 46.3 Å². The van der Waals surface area contributed by atoms with E-state index < -0.39 is 5.41 Å². The Bertz CT molecular complexity index is 1140. The Balaban J connectivity index is 1.60. The Morgan fingerprint density at radius 3 is 2.40 bits per heavy atom. The maximum absolute atomic E-state index is 13.1. The van der Waals surface area contributed by atoms with Crippen molar-refractivity contribution in [2.75, 3.05) is 6.61 Å². The molecule has 0 saturated heterocycles. The van der Waals surface area contributed by atoms with Gasteiger partial charge in [0.2, 0.25) is 5.78 Å². The zero-order chi connectivity index (χ0) is 25.6. The van der Waals surface area contributed by atoms with Crippen LogP contribution >= 0.6 is 0 Å². The van der Waals surface area contributed by atoms with Gasteiger partial charge in [-0.15, -0.1) is 0 Å².